The lowest BCUT2D eigenvalue weighted by molar-refractivity contribution is -0.156. The third kappa shape index (κ3) is 4.60. The van der Waals surface area contributed by atoms with Crippen molar-refractivity contribution in [2.24, 2.45) is 11.8 Å². The van der Waals surface area contributed by atoms with Crippen molar-refractivity contribution in [3.05, 3.63) is 35.5 Å². The molecule has 0 aromatic carbocycles. The van der Waals surface area contributed by atoms with Crippen LogP contribution >= 0.6 is 0 Å². The second-order valence-electron chi connectivity index (χ2n) is 7.21. The Morgan fingerprint density at radius 1 is 1.36 bits per heavy atom. The molecule has 1 fully saturated rings. The van der Waals surface area contributed by atoms with Crippen LogP contribution in [0.15, 0.2) is 35.5 Å². The molecule has 0 bridgehead atoms. The average molecular weight is 348 g/mol. The number of carbonyl (C=O) groups is 2. The van der Waals surface area contributed by atoms with Gasteiger partial charge in [-0.1, -0.05) is 37.6 Å². The van der Waals surface area contributed by atoms with E-state index in [9.17, 15) is 14.7 Å². The van der Waals surface area contributed by atoms with Gasteiger partial charge in [-0.25, -0.2) is 4.79 Å². The summed E-state index contributed by atoms with van der Waals surface area (Å²) in [5.41, 5.74) is 2.17. The number of fused-ring (bicyclic) bond motifs is 1. The predicted octanol–water partition coefficient (Wildman–Crippen LogP) is 3.09. The maximum Gasteiger partial charge on any atom is 0.334 e. The van der Waals surface area contributed by atoms with Gasteiger partial charge in [-0.05, 0) is 32.8 Å². The second kappa shape index (κ2) is 8.00. The molecule has 5 nitrogen and oxygen atoms in total. The molecule has 0 unspecified atom stereocenters. The Morgan fingerprint density at radius 2 is 2.00 bits per heavy atom. The van der Waals surface area contributed by atoms with E-state index in [1.807, 2.05) is 33.8 Å². The number of aliphatic hydroxyl groups excluding tert-OH is 1. The van der Waals surface area contributed by atoms with Gasteiger partial charge in [0.25, 0.3) is 0 Å². The predicted molar refractivity (Wildman–Crippen MR) is 94.6 cm³/mol. The van der Waals surface area contributed by atoms with E-state index in [2.05, 4.69) is 6.58 Å². The van der Waals surface area contributed by atoms with Crippen LogP contribution in [-0.4, -0.2) is 35.4 Å². The number of hydrogen-bond donors (Lipinski definition) is 1. The Bertz CT molecular complexity index is 616. The van der Waals surface area contributed by atoms with Crippen molar-refractivity contribution in [2.45, 2.75) is 65.3 Å². The van der Waals surface area contributed by atoms with E-state index in [1.165, 1.54) is 0 Å². The molecule has 2 rings (SSSR count). The molecular weight excluding hydrogens is 320 g/mol. The number of ether oxygens (including phenoxy) is 2. The smallest absolute Gasteiger partial charge is 0.334 e. The van der Waals surface area contributed by atoms with Crippen molar-refractivity contribution in [3.8, 4) is 0 Å². The van der Waals surface area contributed by atoms with Crippen LogP contribution in [0.3, 0.4) is 0 Å². The lowest BCUT2D eigenvalue weighted by Crippen LogP contribution is -2.35. The molecule has 1 aliphatic heterocycles. The van der Waals surface area contributed by atoms with Crippen LogP contribution in [0.4, 0.5) is 0 Å². The highest BCUT2D eigenvalue weighted by atomic mass is 16.6. The summed E-state index contributed by atoms with van der Waals surface area (Å²) in [6.45, 7) is 11.4. The van der Waals surface area contributed by atoms with Crippen LogP contribution in [0.25, 0.3) is 0 Å². The first-order valence-corrected chi connectivity index (χ1v) is 8.85. The van der Waals surface area contributed by atoms with E-state index in [0.717, 1.165) is 11.1 Å². The lowest BCUT2D eigenvalue weighted by atomic mass is 9.85. The first-order chi connectivity index (χ1) is 11.7. The molecule has 0 saturated carbocycles. The zero-order chi connectivity index (χ0) is 18.7. The molecule has 2 aliphatic rings. The monoisotopic (exact) mass is 348 g/mol. The number of aliphatic hydroxyl groups is 1. The quantitative estimate of drug-likeness (QED) is 0.482. The summed E-state index contributed by atoms with van der Waals surface area (Å²) in [6, 6.07) is 0. The molecule has 0 spiro atoms. The lowest BCUT2D eigenvalue weighted by Gasteiger charge is -2.28. The summed E-state index contributed by atoms with van der Waals surface area (Å²) in [4.78, 5) is 24.4. The Balaban J connectivity index is 2.39. The van der Waals surface area contributed by atoms with Gasteiger partial charge in [0.2, 0.25) is 0 Å². The Morgan fingerprint density at radius 3 is 2.64 bits per heavy atom. The summed E-state index contributed by atoms with van der Waals surface area (Å²) in [6.07, 6.45) is 3.53. The fourth-order valence-corrected chi connectivity index (χ4v) is 3.31. The van der Waals surface area contributed by atoms with Gasteiger partial charge in [0.1, 0.15) is 12.2 Å². The average Bonchev–Trinajstić information content (AvgIpc) is 2.78. The summed E-state index contributed by atoms with van der Waals surface area (Å²) >= 11 is 0. The molecule has 0 aromatic rings. The van der Waals surface area contributed by atoms with Crippen molar-refractivity contribution >= 4 is 11.9 Å². The molecule has 25 heavy (non-hydrogen) atoms. The highest BCUT2D eigenvalue weighted by Crippen LogP contribution is 2.36. The van der Waals surface area contributed by atoms with Crippen LogP contribution in [0.5, 0.6) is 0 Å². The fourth-order valence-electron chi connectivity index (χ4n) is 3.31. The summed E-state index contributed by atoms with van der Waals surface area (Å²) in [5, 5.41) is 10.2. The molecule has 138 valence electrons. The maximum atomic E-state index is 12.3. The molecule has 1 aliphatic carbocycles. The largest absolute Gasteiger partial charge is 0.461 e. The highest BCUT2D eigenvalue weighted by molar-refractivity contribution is 5.91. The van der Waals surface area contributed by atoms with Crippen LogP contribution in [0.1, 0.15) is 47.0 Å². The third-order valence-corrected chi connectivity index (χ3v) is 4.92. The van der Waals surface area contributed by atoms with Crippen molar-refractivity contribution in [1.29, 1.82) is 0 Å². The standard InChI is InChI=1S/C20H28O5/c1-6-13(4)19(22)24-16-9-11(2)7-15(21)8-12(3)10-17-18(16)14(5)20(23)25-17/h7,10,13,15-18,21H,5-6,8-9H2,1-4H3/b11-7+,12-10+/t13-,15-,16-,17-,18-/m1/s1. The van der Waals surface area contributed by atoms with Gasteiger partial charge in [-0.15, -0.1) is 0 Å². The number of carbonyl (C=O) groups excluding carboxylic acids is 2. The molecule has 1 N–H and O–H groups in total. The van der Waals surface area contributed by atoms with Crippen molar-refractivity contribution in [2.75, 3.05) is 0 Å². The Kier molecular flexibility index (Phi) is 6.22. The van der Waals surface area contributed by atoms with Gasteiger partial charge in [-0.2, -0.15) is 0 Å². The normalized spacial score (nSPS) is 35.6. The van der Waals surface area contributed by atoms with Gasteiger partial charge in [0, 0.05) is 12.0 Å². The summed E-state index contributed by atoms with van der Waals surface area (Å²) < 4.78 is 11.2. The van der Waals surface area contributed by atoms with E-state index < -0.39 is 30.2 Å². The maximum absolute atomic E-state index is 12.3. The Hall–Kier alpha value is -1.88. The molecule has 5 atom stereocenters. The van der Waals surface area contributed by atoms with Crippen molar-refractivity contribution < 1.29 is 24.2 Å². The van der Waals surface area contributed by atoms with Gasteiger partial charge in [0.05, 0.1) is 17.9 Å². The molecule has 0 aromatic heterocycles. The van der Waals surface area contributed by atoms with Gasteiger partial charge in [0.15, 0.2) is 0 Å². The van der Waals surface area contributed by atoms with Gasteiger partial charge < -0.3 is 14.6 Å². The van der Waals surface area contributed by atoms with Crippen LogP contribution in [-0.2, 0) is 19.1 Å². The van der Waals surface area contributed by atoms with E-state index in [1.54, 1.807) is 6.08 Å². The minimum atomic E-state index is -0.612. The first-order valence-electron chi connectivity index (χ1n) is 8.85. The van der Waals surface area contributed by atoms with Gasteiger partial charge in [-0.3, -0.25) is 4.79 Å². The summed E-state index contributed by atoms with van der Waals surface area (Å²) in [7, 11) is 0. The number of esters is 2. The third-order valence-electron chi connectivity index (χ3n) is 4.92. The fraction of sp³-hybridized carbons (Fsp3) is 0.600. The molecule has 0 radical (unpaired) electrons. The van der Waals surface area contributed by atoms with Crippen molar-refractivity contribution in [1.82, 2.24) is 0 Å². The minimum Gasteiger partial charge on any atom is -0.461 e. The molecular formula is C20H28O5. The highest BCUT2D eigenvalue weighted by Gasteiger charge is 2.44. The molecule has 1 saturated heterocycles. The zero-order valence-electron chi connectivity index (χ0n) is 15.5. The van der Waals surface area contributed by atoms with E-state index in [4.69, 9.17) is 9.47 Å². The number of rotatable bonds is 3. The van der Waals surface area contributed by atoms with Gasteiger partial charge >= 0.3 is 11.9 Å². The molecule has 5 heteroatoms. The van der Waals surface area contributed by atoms with Crippen LogP contribution in [0, 0.1) is 11.8 Å². The summed E-state index contributed by atoms with van der Waals surface area (Å²) in [5.74, 6) is -1.36. The SMILES string of the molecule is C=C1C(=O)O[C@@H]2/C=C(\C)C[C@H](O)/C=C(\C)C[C@@H](OC(=O)[C@H](C)CC)[C@@H]12. The minimum absolute atomic E-state index is 0.215. The first kappa shape index (κ1) is 19.4. The van der Waals surface area contributed by atoms with E-state index >= 15 is 0 Å². The number of hydrogen-bond acceptors (Lipinski definition) is 5. The topological polar surface area (TPSA) is 72.8 Å². The Labute approximate surface area is 149 Å². The van der Waals surface area contributed by atoms with E-state index in [-0.39, 0.29) is 11.9 Å². The van der Waals surface area contributed by atoms with Crippen LogP contribution < -0.4 is 0 Å². The molecule has 0 amide bonds. The molecule has 1 heterocycles. The second-order valence-corrected chi connectivity index (χ2v) is 7.21. The van der Waals surface area contributed by atoms with Crippen molar-refractivity contribution in [3.63, 3.8) is 0 Å². The zero-order valence-corrected chi connectivity index (χ0v) is 15.5. The van der Waals surface area contributed by atoms with E-state index in [0.29, 0.717) is 24.8 Å². The van der Waals surface area contributed by atoms with Crippen LogP contribution in [0.2, 0.25) is 0 Å².